The number of nitrogens with zero attached hydrogens (tertiary/aromatic N) is 3. The Morgan fingerprint density at radius 2 is 1.72 bits per heavy atom. The number of nitrogens with one attached hydrogen (secondary N) is 1. The van der Waals surface area contributed by atoms with E-state index in [0.29, 0.717) is 29.4 Å². The van der Waals surface area contributed by atoms with E-state index in [4.69, 9.17) is 15.2 Å². The molecule has 39 heavy (non-hydrogen) atoms. The second-order valence-electron chi connectivity index (χ2n) is 9.36. The number of nitrogens with two attached hydrogens (primary N) is 1. The zero-order valence-corrected chi connectivity index (χ0v) is 20.9. The first-order chi connectivity index (χ1) is 18.0. The summed E-state index contributed by atoms with van der Waals surface area (Å²) < 4.78 is 52.5. The highest BCUT2D eigenvalue weighted by Crippen LogP contribution is 2.30. The molecule has 1 amide bonds. The number of ether oxygens (including phenoxy) is 2. The Labute approximate surface area is 225 Å². The Morgan fingerprint density at radius 3 is 2.41 bits per heavy atom. The number of carbonyl (C=O) groups is 1. The summed E-state index contributed by atoms with van der Waals surface area (Å²) in [5.74, 6) is 0.299. The van der Waals surface area contributed by atoms with Gasteiger partial charge in [-0.1, -0.05) is 49.9 Å². The Balaban J connectivity index is 0.00000420. The number of amides is 1. The van der Waals surface area contributed by atoms with Crippen LogP contribution in [-0.4, -0.2) is 32.7 Å². The number of hydrogen-bond acceptors (Lipinski definition) is 6. The van der Waals surface area contributed by atoms with Crippen LogP contribution in [-0.2, 0) is 28.9 Å². The average molecular weight is 544 g/mol. The summed E-state index contributed by atoms with van der Waals surface area (Å²) in [5.41, 5.74) is 5.75. The lowest BCUT2D eigenvalue weighted by Crippen LogP contribution is -2.50. The molecule has 0 spiro atoms. The minimum absolute atomic E-state index is 0. The maximum absolute atomic E-state index is 13.1. The number of hydrogen-bond donors (Lipinski definition) is 2. The zero-order valence-electron chi connectivity index (χ0n) is 20.9. The van der Waals surface area contributed by atoms with Crippen LogP contribution in [0.3, 0.4) is 0 Å². The molecule has 0 radical (unpaired) electrons. The lowest BCUT2D eigenvalue weighted by molar-refractivity contribution is -0.137. The summed E-state index contributed by atoms with van der Waals surface area (Å²) in [6.07, 6.45) is -2.75. The van der Waals surface area contributed by atoms with Crippen molar-refractivity contribution in [2.24, 2.45) is 5.73 Å². The highest BCUT2D eigenvalue weighted by Gasteiger charge is 2.31. The molecule has 1 atom stereocenters. The summed E-state index contributed by atoms with van der Waals surface area (Å²) in [5, 5.41) is 11.4. The first-order valence-corrected chi connectivity index (χ1v) is 11.9. The molecule has 0 aliphatic rings. The fourth-order valence-corrected chi connectivity index (χ4v) is 3.65. The number of carbonyl (C=O) groups excluding carboxylic acids is 1. The number of pyridine rings is 1. The Hall–Kier alpha value is -3.96. The molecule has 0 aliphatic heterocycles. The fourth-order valence-electron chi connectivity index (χ4n) is 3.65. The molecule has 0 fully saturated rings. The van der Waals surface area contributed by atoms with Crippen LogP contribution in [0.15, 0.2) is 72.9 Å². The smallest absolute Gasteiger partial charge is 0.416 e. The topological polar surface area (TPSA) is 104 Å². The first kappa shape index (κ1) is 29.6. The molecule has 2 heterocycles. The van der Waals surface area contributed by atoms with E-state index in [2.05, 4.69) is 15.5 Å². The lowest BCUT2D eigenvalue weighted by atomic mass is 10.1. The van der Waals surface area contributed by atoms with Crippen molar-refractivity contribution >= 4 is 11.6 Å². The quantitative estimate of drug-likeness (QED) is 0.289. The van der Waals surface area contributed by atoms with E-state index in [-0.39, 0.29) is 20.6 Å². The van der Waals surface area contributed by atoms with Crippen molar-refractivity contribution in [3.63, 3.8) is 0 Å². The predicted octanol–water partition coefficient (Wildman–Crippen LogP) is 5.07. The van der Waals surface area contributed by atoms with Gasteiger partial charge in [0.05, 0.1) is 24.3 Å². The van der Waals surface area contributed by atoms with Crippen molar-refractivity contribution in [3.8, 4) is 5.75 Å². The maximum atomic E-state index is 13.1. The third-order valence-corrected chi connectivity index (χ3v) is 5.67. The van der Waals surface area contributed by atoms with Gasteiger partial charge in [0.25, 0.3) is 0 Å². The highest BCUT2D eigenvalue weighted by molar-refractivity contribution is 5.85. The fraction of sp³-hybridized carbons (Fsp3) is 0.321. The van der Waals surface area contributed by atoms with Gasteiger partial charge in [-0.2, -0.15) is 13.2 Å². The molecule has 3 N–H and O–H groups in total. The van der Waals surface area contributed by atoms with Crippen molar-refractivity contribution in [1.82, 2.24) is 19.9 Å². The number of fused-ring (bicyclic) bond motifs is 1. The molecule has 0 saturated carbocycles. The monoisotopic (exact) mass is 543 g/mol. The normalized spacial score (nSPS) is 12.6. The number of benzene rings is 2. The number of halogens is 3. The first-order valence-electron chi connectivity index (χ1n) is 11.9. The van der Waals surface area contributed by atoms with Crippen molar-refractivity contribution in [2.75, 3.05) is 6.61 Å². The van der Waals surface area contributed by atoms with Crippen LogP contribution in [0.25, 0.3) is 5.65 Å². The van der Waals surface area contributed by atoms with Crippen LogP contribution in [0.2, 0.25) is 0 Å². The van der Waals surface area contributed by atoms with Gasteiger partial charge in [0.15, 0.2) is 11.6 Å². The van der Waals surface area contributed by atoms with E-state index in [1.807, 2.05) is 30.3 Å². The van der Waals surface area contributed by atoms with E-state index in [1.54, 1.807) is 42.6 Å². The molecule has 0 unspecified atom stereocenters. The van der Waals surface area contributed by atoms with Gasteiger partial charge in [0.1, 0.15) is 12.6 Å². The van der Waals surface area contributed by atoms with Gasteiger partial charge in [-0.3, -0.25) is 9.20 Å². The van der Waals surface area contributed by atoms with Crippen LogP contribution in [0, 0.1) is 0 Å². The van der Waals surface area contributed by atoms with Crippen LogP contribution in [0.5, 0.6) is 5.75 Å². The minimum Gasteiger partial charge on any atom is -0.485 e. The molecular weight excluding hydrogens is 511 g/mol. The van der Waals surface area contributed by atoms with Gasteiger partial charge in [0.2, 0.25) is 11.6 Å². The van der Waals surface area contributed by atoms with Gasteiger partial charge in [-0.25, -0.2) is 0 Å². The summed E-state index contributed by atoms with van der Waals surface area (Å²) in [7, 11) is 0. The summed E-state index contributed by atoms with van der Waals surface area (Å²) in [6.45, 7) is 3.49. The van der Waals surface area contributed by atoms with Crippen molar-refractivity contribution in [2.45, 2.75) is 52.2 Å². The van der Waals surface area contributed by atoms with Crippen LogP contribution < -0.4 is 15.8 Å². The molecule has 0 saturated heterocycles. The second-order valence-corrected chi connectivity index (χ2v) is 9.36. The van der Waals surface area contributed by atoms with Crippen LogP contribution in [0.4, 0.5) is 13.2 Å². The van der Waals surface area contributed by atoms with Gasteiger partial charge in [0, 0.05) is 6.20 Å². The standard InChI is InChI=1S/C27H28F3N5O3.CH4/c1-26(2,31)25(36)32-21(17-37-15-18-8-4-3-5-9-18)23-33-34-24-22(12-7-13-35(23)24)38-16-19-10-6-11-20(14-19)27(28,29)30;/h3-14,21H,15-17,31H2,1-2H3,(H,32,36);1H4/t21-;/m1./s1. The summed E-state index contributed by atoms with van der Waals surface area (Å²) in [4.78, 5) is 12.7. The second kappa shape index (κ2) is 12.3. The molecule has 4 aromatic rings. The molecule has 2 aromatic heterocycles. The highest BCUT2D eigenvalue weighted by atomic mass is 19.4. The molecule has 11 heteroatoms. The maximum Gasteiger partial charge on any atom is 0.416 e. The van der Waals surface area contributed by atoms with Crippen molar-refractivity contribution in [3.05, 3.63) is 95.4 Å². The van der Waals surface area contributed by atoms with Crippen LogP contribution in [0.1, 0.15) is 49.8 Å². The van der Waals surface area contributed by atoms with Gasteiger partial charge < -0.3 is 20.5 Å². The SMILES string of the molecule is C.CC(C)(N)C(=O)N[C@H](COCc1ccccc1)c1nnc2c(OCc3cccc(C(F)(F)F)c3)cccn12. The molecule has 4 rings (SSSR count). The number of rotatable bonds is 10. The average Bonchev–Trinajstić information content (AvgIpc) is 3.31. The molecule has 0 aliphatic carbocycles. The van der Waals surface area contributed by atoms with Crippen molar-refractivity contribution in [1.29, 1.82) is 0 Å². The van der Waals surface area contributed by atoms with E-state index < -0.39 is 29.2 Å². The molecule has 8 nitrogen and oxygen atoms in total. The van der Waals surface area contributed by atoms with Crippen LogP contribution >= 0.6 is 0 Å². The number of aromatic nitrogens is 3. The number of alkyl halides is 3. The Bertz CT molecular complexity index is 1380. The van der Waals surface area contributed by atoms with E-state index in [1.165, 1.54) is 6.07 Å². The summed E-state index contributed by atoms with van der Waals surface area (Å²) in [6, 6.07) is 17.1. The third kappa shape index (κ3) is 7.55. The Morgan fingerprint density at radius 1 is 1.00 bits per heavy atom. The van der Waals surface area contributed by atoms with Gasteiger partial charge in [-0.15, -0.1) is 10.2 Å². The van der Waals surface area contributed by atoms with E-state index in [9.17, 15) is 18.0 Å². The molecule has 208 valence electrons. The summed E-state index contributed by atoms with van der Waals surface area (Å²) >= 11 is 0. The lowest BCUT2D eigenvalue weighted by Gasteiger charge is -2.23. The predicted molar refractivity (Wildman–Crippen MR) is 141 cm³/mol. The molecule has 0 bridgehead atoms. The Kier molecular flexibility index (Phi) is 9.31. The molecular formula is C28H32F3N5O3. The third-order valence-electron chi connectivity index (χ3n) is 5.67. The van der Waals surface area contributed by atoms with Crippen molar-refractivity contribution < 1.29 is 27.4 Å². The molecule has 2 aromatic carbocycles. The largest absolute Gasteiger partial charge is 0.485 e. The van der Waals surface area contributed by atoms with Gasteiger partial charge >= 0.3 is 6.18 Å². The zero-order chi connectivity index (χ0) is 27.3. The van der Waals surface area contributed by atoms with E-state index >= 15 is 0 Å². The van der Waals surface area contributed by atoms with E-state index in [0.717, 1.165) is 17.7 Å². The van der Waals surface area contributed by atoms with Gasteiger partial charge in [-0.05, 0) is 49.2 Å². The minimum atomic E-state index is -4.45.